The Hall–Kier alpha value is -2.82. The molecule has 4 nitrogen and oxygen atoms in total. The van der Waals surface area contributed by atoms with Gasteiger partial charge >= 0.3 is 0 Å². The van der Waals surface area contributed by atoms with Crippen molar-refractivity contribution in [1.29, 1.82) is 0 Å². The summed E-state index contributed by atoms with van der Waals surface area (Å²) >= 11 is 0. The van der Waals surface area contributed by atoms with Crippen molar-refractivity contribution in [2.75, 3.05) is 0 Å². The molecule has 1 aliphatic carbocycles. The number of benzene rings is 2. The van der Waals surface area contributed by atoms with Crippen molar-refractivity contribution in [3.63, 3.8) is 0 Å². The van der Waals surface area contributed by atoms with E-state index in [0.717, 1.165) is 29.5 Å². The van der Waals surface area contributed by atoms with Crippen LogP contribution in [-0.4, -0.2) is 10.9 Å². The molecule has 136 valence electrons. The second kappa shape index (κ2) is 5.84. The highest BCUT2D eigenvalue weighted by Crippen LogP contribution is 2.46. The molecule has 1 N–H and O–H groups in total. The second-order valence-electron chi connectivity index (χ2n) is 7.89. The summed E-state index contributed by atoms with van der Waals surface area (Å²) in [6, 6.07) is 11.3. The van der Waals surface area contributed by atoms with Crippen molar-refractivity contribution in [2.24, 2.45) is 10.2 Å². The molecule has 0 saturated heterocycles. The minimum Gasteiger partial charge on any atom is -0.358 e. The van der Waals surface area contributed by atoms with E-state index in [1.807, 2.05) is 0 Å². The zero-order valence-electron chi connectivity index (χ0n) is 15.3. The molecule has 0 saturated carbocycles. The van der Waals surface area contributed by atoms with E-state index in [1.165, 1.54) is 23.3 Å². The fourth-order valence-corrected chi connectivity index (χ4v) is 4.48. The molecule has 1 aromatic heterocycles. The first-order valence-corrected chi connectivity index (χ1v) is 9.40. The average molecular weight is 361 g/mol. The Bertz CT molecular complexity index is 1090. The van der Waals surface area contributed by atoms with Gasteiger partial charge < -0.3 is 4.98 Å². The van der Waals surface area contributed by atoms with Crippen molar-refractivity contribution < 1.29 is 9.18 Å². The smallest absolute Gasteiger partial charge is 0.295 e. The molecule has 27 heavy (non-hydrogen) atoms. The molecule has 5 rings (SSSR count). The van der Waals surface area contributed by atoms with Crippen molar-refractivity contribution in [1.82, 2.24) is 4.98 Å². The third kappa shape index (κ3) is 2.52. The van der Waals surface area contributed by atoms with Crippen LogP contribution in [0.15, 0.2) is 46.6 Å². The van der Waals surface area contributed by atoms with Gasteiger partial charge in [0.15, 0.2) is 0 Å². The standard InChI is InChI=1S/C22H20FN3O/c1-11(2)12-3-5-13(6-4-12)14-7-17-21-19(8-14)25-26-22(27)16-9-15(23)10-18(24-17)20(16)21/h3-6,9-11,14,19,24H,7-8H2,1-2H3. The number of carbonyl (C=O) groups is 1. The molecular weight excluding hydrogens is 341 g/mol. The molecule has 2 heterocycles. The molecule has 2 atom stereocenters. The molecule has 0 radical (unpaired) electrons. The first-order valence-electron chi connectivity index (χ1n) is 9.40. The molecule has 0 spiro atoms. The van der Waals surface area contributed by atoms with Gasteiger partial charge in [-0.25, -0.2) is 4.39 Å². The summed E-state index contributed by atoms with van der Waals surface area (Å²) < 4.78 is 14.0. The normalized spacial score (nSPS) is 21.1. The predicted molar refractivity (Wildman–Crippen MR) is 102 cm³/mol. The SMILES string of the molecule is CC(C)c1ccc(C2Cc3[nH]c4cc(F)cc5c4c3C(C2)N=NC5=O)cc1. The summed E-state index contributed by atoms with van der Waals surface area (Å²) in [5.41, 5.74) is 5.62. The number of halogens is 1. The summed E-state index contributed by atoms with van der Waals surface area (Å²) in [4.78, 5) is 15.7. The third-order valence-corrected chi connectivity index (χ3v) is 5.87. The lowest BCUT2D eigenvalue weighted by molar-refractivity contribution is 0.0994. The second-order valence-corrected chi connectivity index (χ2v) is 7.89. The maximum atomic E-state index is 14.0. The van der Waals surface area contributed by atoms with Crippen molar-refractivity contribution >= 4 is 16.8 Å². The van der Waals surface area contributed by atoms with E-state index in [-0.39, 0.29) is 12.0 Å². The van der Waals surface area contributed by atoms with Gasteiger partial charge in [0.1, 0.15) is 5.82 Å². The van der Waals surface area contributed by atoms with E-state index in [1.54, 1.807) is 0 Å². The maximum absolute atomic E-state index is 14.0. The molecule has 5 heteroatoms. The minimum atomic E-state index is -0.464. The molecule has 0 fully saturated rings. The van der Waals surface area contributed by atoms with E-state index in [9.17, 15) is 9.18 Å². The summed E-state index contributed by atoms with van der Waals surface area (Å²) in [6.45, 7) is 4.37. The largest absolute Gasteiger partial charge is 0.358 e. The van der Waals surface area contributed by atoms with Crippen LogP contribution in [0, 0.1) is 5.82 Å². The Morgan fingerprint density at radius 3 is 2.70 bits per heavy atom. The molecule has 2 aliphatic rings. The number of azo groups is 1. The Morgan fingerprint density at radius 2 is 1.96 bits per heavy atom. The molecule has 2 aromatic carbocycles. The monoisotopic (exact) mass is 361 g/mol. The highest BCUT2D eigenvalue weighted by Gasteiger charge is 2.35. The summed E-state index contributed by atoms with van der Waals surface area (Å²) in [5, 5.41) is 9.00. The van der Waals surface area contributed by atoms with E-state index in [0.29, 0.717) is 17.0 Å². The van der Waals surface area contributed by atoms with E-state index in [2.05, 4.69) is 53.3 Å². The van der Waals surface area contributed by atoms with Crippen LogP contribution in [0.25, 0.3) is 10.9 Å². The number of nitrogens with one attached hydrogen (secondary N) is 1. The first-order chi connectivity index (χ1) is 13.0. The number of nitrogens with zero attached hydrogens (tertiary/aromatic N) is 2. The van der Waals surface area contributed by atoms with Gasteiger partial charge in [-0.05, 0) is 47.9 Å². The van der Waals surface area contributed by atoms with Gasteiger partial charge in [0.05, 0.1) is 11.6 Å². The Labute approximate surface area is 156 Å². The number of carbonyl (C=O) groups excluding carboxylic acids is 1. The highest BCUT2D eigenvalue weighted by molar-refractivity contribution is 6.09. The summed E-state index contributed by atoms with van der Waals surface area (Å²) in [6.07, 6.45) is 1.63. The van der Waals surface area contributed by atoms with E-state index < -0.39 is 11.7 Å². The van der Waals surface area contributed by atoms with Crippen LogP contribution >= 0.6 is 0 Å². The summed E-state index contributed by atoms with van der Waals surface area (Å²) in [7, 11) is 0. The Morgan fingerprint density at radius 1 is 1.19 bits per heavy atom. The van der Waals surface area contributed by atoms with Crippen LogP contribution in [0.1, 0.15) is 70.9 Å². The van der Waals surface area contributed by atoms with Crippen LogP contribution in [0.4, 0.5) is 4.39 Å². The average Bonchev–Trinajstić information content (AvgIpc) is 2.95. The van der Waals surface area contributed by atoms with Crippen molar-refractivity contribution in [2.45, 2.75) is 44.6 Å². The zero-order chi connectivity index (χ0) is 18.7. The molecule has 3 aromatic rings. The third-order valence-electron chi connectivity index (χ3n) is 5.87. The fraction of sp³-hybridized carbons (Fsp3) is 0.318. The number of aromatic amines is 1. The van der Waals surface area contributed by atoms with Crippen LogP contribution < -0.4 is 0 Å². The highest BCUT2D eigenvalue weighted by atomic mass is 19.1. The van der Waals surface area contributed by atoms with Crippen LogP contribution in [-0.2, 0) is 6.42 Å². The quantitative estimate of drug-likeness (QED) is 0.615. The van der Waals surface area contributed by atoms with Gasteiger partial charge in [-0.3, -0.25) is 4.79 Å². The van der Waals surface area contributed by atoms with Gasteiger partial charge in [0.25, 0.3) is 5.91 Å². The molecule has 1 amide bonds. The number of hydrogen-bond donors (Lipinski definition) is 1. The van der Waals surface area contributed by atoms with Crippen LogP contribution in [0.5, 0.6) is 0 Å². The van der Waals surface area contributed by atoms with Gasteiger partial charge in [0, 0.05) is 22.2 Å². The first kappa shape index (κ1) is 16.4. The number of H-pyrrole nitrogens is 1. The minimum absolute atomic E-state index is 0.173. The molecule has 2 unspecified atom stereocenters. The number of amides is 1. The van der Waals surface area contributed by atoms with Gasteiger partial charge in [0.2, 0.25) is 0 Å². The zero-order valence-corrected chi connectivity index (χ0v) is 15.3. The fourth-order valence-electron chi connectivity index (χ4n) is 4.48. The lowest BCUT2D eigenvalue weighted by Crippen LogP contribution is -2.15. The lowest BCUT2D eigenvalue weighted by atomic mass is 9.79. The van der Waals surface area contributed by atoms with Crippen molar-refractivity contribution in [3.05, 3.63) is 70.2 Å². The lowest BCUT2D eigenvalue weighted by Gasteiger charge is -2.27. The van der Waals surface area contributed by atoms with Gasteiger partial charge in [-0.1, -0.05) is 38.1 Å². The number of rotatable bonds is 2. The Kier molecular flexibility index (Phi) is 3.54. The van der Waals surface area contributed by atoms with Crippen LogP contribution in [0.2, 0.25) is 0 Å². The topological polar surface area (TPSA) is 57.6 Å². The van der Waals surface area contributed by atoms with Gasteiger partial charge in [-0.2, -0.15) is 5.11 Å². The number of hydrogen-bond acceptors (Lipinski definition) is 2. The molecular formula is C22H20FN3O. The molecule has 1 aliphatic heterocycles. The van der Waals surface area contributed by atoms with Crippen LogP contribution in [0.3, 0.4) is 0 Å². The number of aromatic nitrogens is 1. The predicted octanol–water partition coefficient (Wildman–Crippen LogP) is 5.81. The summed E-state index contributed by atoms with van der Waals surface area (Å²) in [5.74, 6) is -0.106. The Balaban J connectivity index is 1.62. The maximum Gasteiger partial charge on any atom is 0.295 e. The van der Waals surface area contributed by atoms with E-state index in [4.69, 9.17) is 0 Å². The van der Waals surface area contributed by atoms with Gasteiger partial charge in [-0.15, -0.1) is 5.11 Å². The molecule has 0 bridgehead atoms. The van der Waals surface area contributed by atoms with E-state index >= 15 is 0 Å². The van der Waals surface area contributed by atoms with Crippen molar-refractivity contribution in [3.8, 4) is 0 Å².